The van der Waals surface area contributed by atoms with Crippen LogP contribution in [0.15, 0.2) is 23.1 Å². The summed E-state index contributed by atoms with van der Waals surface area (Å²) in [6.45, 7) is 4.56. The minimum absolute atomic E-state index is 0.269. The molecule has 2 rings (SSSR count). The quantitative estimate of drug-likeness (QED) is 0.808. The van der Waals surface area contributed by atoms with Crippen LogP contribution < -0.4 is 5.32 Å². The van der Waals surface area contributed by atoms with Gasteiger partial charge in [-0.2, -0.15) is 0 Å². The Bertz CT molecular complexity index is 353. The second-order valence-corrected chi connectivity index (χ2v) is 5.38. The van der Waals surface area contributed by atoms with Crippen molar-refractivity contribution in [3.8, 4) is 0 Å². The molecule has 0 spiro atoms. The third-order valence-electron chi connectivity index (χ3n) is 2.77. The fourth-order valence-electron chi connectivity index (χ4n) is 1.90. The van der Waals surface area contributed by atoms with Gasteiger partial charge in [0.25, 0.3) is 0 Å². The van der Waals surface area contributed by atoms with E-state index < -0.39 is 0 Å². The van der Waals surface area contributed by atoms with Crippen molar-refractivity contribution in [3.63, 3.8) is 0 Å². The van der Waals surface area contributed by atoms with Gasteiger partial charge in [0, 0.05) is 28.5 Å². The van der Waals surface area contributed by atoms with Crippen LogP contribution in [0.3, 0.4) is 0 Å². The average molecular weight is 223 g/mol. The van der Waals surface area contributed by atoms with Crippen LogP contribution in [0.25, 0.3) is 0 Å². The summed E-state index contributed by atoms with van der Waals surface area (Å²) in [4.78, 5) is 1.30. The third kappa shape index (κ3) is 2.29. The fourth-order valence-corrected chi connectivity index (χ4v) is 3.11. The maximum absolute atomic E-state index is 8.99. The number of anilines is 1. The number of thioether (sulfide) groups is 1. The Kier molecular flexibility index (Phi) is 3.22. The molecule has 0 fully saturated rings. The number of hydrogen-bond donors (Lipinski definition) is 2. The normalized spacial score (nSPS) is 24.5. The highest BCUT2D eigenvalue weighted by Gasteiger charge is 2.24. The molecular weight excluding hydrogens is 206 g/mol. The van der Waals surface area contributed by atoms with Crippen LogP contribution >= 0.6 is 11.8 Å². The Morgan fingerprint density at radius 2 is 2.27 bits per heavy atom. The van der Waals surface area contributed by atoms with Gasteiger partial charge in [-0.05, 0) is 38.0 Å². The number of nitrogens with one attached hydrogen (secondary N) is 1. The molecule has 1 aliphatic rings. The van der Waals surface area contributed by atoms with Crippen molar-refractivity contribution in [2.24, 2.45) is 0 Å². The van der Waals surface area contributed by atoms with Gasteiger partial charge in [0.15, 0.2) is 0 Å². The molecule has 2 N–H and O–H groups in total. The highest BCUT2D eigenvalue weighted by atomic mass is 32.2. The second kappa shape index (κ2) is 4.45. The zero-order valence-electron chi connectivity index (χ0n) is 9.16. The topological polar surface area (TPSA) is 32.3 Å². The summed E-state index contributed by atoms with van der Waals surface area (Å²) in [6, 6.07) is 6.92. The van der Waals surface area contributed by atoms with Crippen LogP contribution in [0.4, 0.5) is 5.69 Å². The highest BCUT2D eigenvalue weighted by molar-refractivity contribution is 8.00. The number of fused-ring (bicyclic) bond motifs is 1. The molecule has 1 aliphatic heterocycles. The molecule has 82 valence electrons. The van der Waals surface area contributed by atoms with Gasteiger partial charge in [-0.1, -0.05) is 6.07 Å². The van der Waals surface area contributed by atoms with E-state index in [1.807, 2.05) is 11.8 Å². The van der Waals surface area contributed by atoms with E-state index in [1.165, 1.54) is 16.1 Å². The van der Waals surface area contributed by atoms with Crippen LogP contribution in [0.5, 0.6) is 0 Å². The lowest BCUT2D eigenvalue weighted by atomic mass is 10.1. The number of benzene rings is 1. The van der Waals surface area contributed by atoms with Crippen molar-refractivity contribution in [1.29, 1.82) is 0 Å². The number of hydrogen-bond acceptors (Lipinski definition) is 3. The van der Waals surface area contributed by atoms with Gasteiger partial charge in [0.05, 0.1) is 0 Å². The number of rotatable bonds is 2. The summed E-state index contributed by atoms with van der Waals surface area (Å²) in [5, 5.41) is 13.0. The standard InChI is InChI=1S/C12H17NOS/c1-8-3-4-12-10(7-8)13-9(2)11(15-12)5-6-14/h3-4,7,9,11,13-14H,5-6H2,1-2H3. The highest BCUT2D eigenvalue weighted by Crippen LogP contribution is 2.39. The first-order valence-corrected chi connectivity index (χ1v) is 6.23. The molecule has 0 saturated heterocycles. The molecule has 1 aromatic carbocycles. The molecular formula is C12H17NOS. The molecule has 15 heavy (non-hydrogen) atoms. The van der Waals surface area contributed by atoms with E-state index in [4.69, 9.17) is 5.11 Å². The summed E-state index contributed by atoms with van der Waals surface area (Å²) in [5.41, 5.74) is 2.52. The predicted molar refractivity (Wildman–Crippen MR) is 65.6 cm³/mol. The third-order valence-corrected chi connectivity index (χ3v) is 4.32. The molecule has 0 saturated carbocycles. The van der Waals surface area contributed by atoms with Crippen LogP contribution in [-0.4, -0.2) is 23.0 Å². The minimum Gasteiger partial charge on any atom is -0.396 e. The smallest absolute Gasteiger partial charge is 0.0483 e. The van der Waals surface area contributed by atoms with Gasteiger partial charge in [-0.3, -0.25) is 0 Å². The molecule has 0 bridgehead atoms. The van der Waals surface area contributed by atoms with Crippen molar-refractivity contribution in [2.75, 3.05) is 11.9 Å². The number of aliphatic hydroxyl groups excluding tert-OH is 1. The Morgan fingerprint density at radius 1 is 1.47 bits per heavy atom. The van der Waals surface area contributed by atoms with Crippen molar-refractivity contribution in [3.05, 3.63) is 23.8 Å². The van der Waals surface area contributed by atoms with Gasteiger partial charge in [-0.15, -0.1) is 11.8 Å². The largest absolute Gasteiger partial charge is 0.396 e. The van der Waals surface area contributed by atoms with Crippen LogP contribution in [0, 0.1) is 6.92 Å². The summed E-state index contributed by atoms with van der Waals surface area (Å²) in [5.74, 6) is 0. The molecule has 2 atom stereocenters. The first-order chi connectivity index (χ1) is 7.20. The Balaban J connectivity index is 2.22. The molecule has 2 nitrogen and oxygen atoms in total. The zero-order valence-corrected chi connectivity index (χ0v) is 9.97. The van der Waals surface area contributed by atoms with Crippen molar-refractivity contribution < 1.29 is 5.11 Å². The Morgan fingerprint density at radius 3 is 3.00 bits per heavy atom. The maximum Gasteiger partial charge on any atom is 0.0483 e. The van der Waals surface area contributed by atoms with Gasteiger partial charge in [0.1, 0.15) is 0 Å². The molecule has 2 unspecified atom stereocenters. The van der Waals surface area contributed by atoms with E-state index >= 15 is 0 Å². The van der Waals surface area contributed by atoms with Gasteiger partial charge in [0.2, 0.25) is 0 Å². The summed E-state index contributed by atoms with van der Waals surface area (Å²) >= 11 is 1.88. The second-order valence-electron chi connectivity index (χ2n) is 4.10. The molecule has 3 heteroatoms. The van der Waals surface area contributed by atoms with Gasteiger partial charge in [-0.25, -0.2) is 0 Å². The number of aliphatic hydroxyl groups is 1. The Labute approximate surface area is 95.1 Å². The van der Waals surface area contributed by atoms with E-state index in [2.05, 4.69) is 37.4 Å². The average Bonchev–Trinajstić information content (AvgIpc) is 2.20. The fraction of sp³-hybridized carbons (Fsp3) is 0.500. The van der Waals surface area contributed by atoms with Crippen molar-refractivity contribution in [2.45, 2.75) is 36.5 Å². The van der Waals surface area contributed by atoms with E-state index in [-0.39, 0.29) is 6.61 Å². The SMILES string of the molecule is Cc1ccc2c(c1)NC(C)C(CCO)S2. The lowest BCUT2D eigenvalue weighted by molar-refractivity contribution is 0.284. The van der Waals surface area contributed by atoms with Crippen LogP contribution in [0.1, 0.15) is 18.9 Å². The van der Waals surface area contributed by atoms with Crippen molar-refractivity contribution >= 4 is 17.4 Å². The summed E-state index contributed by atoms with van der Waals surface area (Å²) in [7, 11) is 0. The summed E-state index contributed by atoms with van der Waals surface area (Å²) in [6.07, 6.45) is 0.853. The molecule has 1 heterocycles. The first kappa shape index (κ1) is 10.8. The van der Waals surface area contributed by atoms with E-state index in [1.54, 1.807) is 0 Å². The number of aryl methyl sites for hydroxylation is 1. The van der Waals surface area contributed by atoms with Gasteiger partial charge >= 0.3 is 0 Å². The molecule has 1 aromatic rings. The Hall–Kier alpha value is -0.670. The lowest BCUT2D eigenvalue weighted by Crippen LogP contribution is -2.32. The van der Waals surface area contributed by atoms with Crippen molar-refractivity contribution in [1.82, 2.24) is 0 Å². The van der Waals surface area contributed by atoms with Crippen LogP contribution in [-0.2, 0) is 0 Å². The maximum atomic E-state index is 8.99. The monoisotopic (exact) mass is 223 g/mol. The predicted octanol–water partition coefficient (Wildman–Crippen LogP) is 2.65. The lowest BCUT2D eigenvalue weighted by Gasteiger charge is -2.31. The molecule has 0 aromatic heterocycles. The zero-order chi connectivity index (χ0) is 10.8. The summed E-state index contributed by atoms with van der Waals surface area (Å²) < 4.78 is 0. The molecule has 0 radical (unpaired) electrons. The van der Waals surface area contributed by atoms with Gasteiger partial charge < -0.3 is 10.4 Å². The van der Waals surface area contributed by atoms with E-state index in [0.717, 1.165) is 6.42 Å². The van der Waals surface area contributed by atoms with E-state index in [9.17, 15) is 0 Å². The molecule has 0 amide bonds. The first-order valence-electron chi connectivity index (χ1n) is 5.35. The van der Waals surface area contributed by atoms with E-state index in [0.29, 0.717) is 11.3 Å². The van der Waals surface area contributed by atoms with Crippen LogP contribution in [0.2, 0.25) is 0 Å². The molecule has 0 aliphatic carbocycles. The minimum atomic E-state index is 0.269.